The first-order chi connectivity index (χ1) is 11.5. The van der Waals surface area contributed by atoms with Crippen LogP contribution in [0.25, 0.3) is 0 Å². The number of rotatable bonds is 6. The number of amides is 1. The van der Waals surface area contributed by atoms with Crippen molar-refractivity contribution in [3.63, 3.8) is 0 Å². The Morgan fingerprint density at radius 3 is 2.21 bits per heavy atom. The lowest BCUT2D eigenvalue weighted by Crippen LogP contribution is -2.47. The van der Waals surface area contributed by atoms with Crippen molar-refractivity contribution >= 4 is 11.9 Å². The Morgan fingerprint density at radius 1 is 1.08 bits per heavy atom. The highest BCUT2D eigenvalue weighted by atomic mass is 16.4. The highest BCUT2D eigenvalue weighted by Crippen LogP contribution is 2.45. The zero-order valence-electron chi connectivity index (χ0n) is 14.1. The zero-order valence-corrected chi connectivity index (χ0v) is 14.1. The molecule has 6 nitrogen and oxygen atoms in total. The van der Waals surface area contributed by atoms with E-state index in [-0.39, 0.29) is 16.9 Å². The second-order valence-electron chi connectivity index (χ2n) is 7.14. The van der Waals surface area contributed by atoms with Gasteiger partial charge in [0.1, 0.15) is 0 Å². The molecule has 1 aliphatic carbocycles. The second-order valence-corrected chi connectivity index (χ2v) is 7.14. The number of hydrogen-bond acceptors (Lipinski definition) is 4. The van der Waals surface area contributed by atoms with Gasteiger partial charge < -0.3 is 20.2 Å². The third-order valence-corrected chi connectivity index (χ3v) is 5.13. The molecule has 2 fully saturated rings. The van der Waals surface area contributed by atoms with E-state index in [9.17, 15) is 9.59 Å². The van der Waals surface area contributed by atoms with E-state index < -0.39 is 5.97 Å². The van der Waals surface area contributed by atoms with Gasteiger partial charge in [-0.3, -0.25) is 4.79 Å². The summed E-state index contributed by atoms with van der Waals surface area (Å²) in [5.41, 5.74) is 0.933. The molecule has 130 valence electrons. The van der Waals surface area contributed by atoms with Crippen molar-refractivity contribution < 1.29 is 14.7 Å². The molecule has 0 aromatic heterocycles. The van der Waals surface area contributed by atoms with Gasteiger partial charge in [0.2, 0.25) is 0 Å². The van der Waals surface area contributed by atoms with E-state index in [1.54, 1.807) is 12.1 Å². The molecule has 1 aromatic rings. The number of carboxylic acid groups (broad SMARTS) is 1. The van der Waals surface area contributed by atoms with Crippen molar-refractivity contribution in [3.05, 3.63) is 35.4 Å². The van der Waals surface area contributed by atoms with Crippen LogP contribution in [-0.4, -0.2) is 73.1 Å². The van der Waals surface area contributed by atoms with Crippen molar-refractivity contribution in [1.29, 1.82) is 0 Å². The molecule has 2 N–H and O–H groups in total. The SMILES string of the molecule is CN1CCN(CC2(CNC(=O)c3ccc(C(=O)O)cc3)CC2)CC1. The number of piperazine rings is 1. The molecule has 0 unspecified atom stereocenters. The van der Waals surface area contributed by atoms with Gasteiger partial charge in [-0.1, -0.05) is 0 Å². The number of hydrogen-bond donors (Lipinski definition) is 2. The van der Waals surface area contributed by atoms with Gasteiger partial charge in [0.15, 0.2) is 0 Å². The normalized spacial score (nSPS) is 20.5. The summed E-state index contributed by atoms with van der Waals surface area (Å²) in [5, 5.41) is 11.9. The first kappa shape index (κ1) is 16.9. The zero-order chi connectivity index (χ0) is 17.2. The summed E-state index contributed by atoms with van der Waals surface area (Å²) in [5.74, 6) is -1.11. The van der Waals surface area contributed by atoms with E-state index in [1.165, 1.54) is 12.1 Å². The first-order valence-electron chi connectivity index (χ1n) is 8.50. The Kier molecular flexibility index (Phi) is 4.87. The molecule has 0 atom stereocenters. The molecule has 1 aromatic carbocycles. The van der Waals surface area contributed by atoms with Crippen LogP contribution in [0.2, 0.25) is 0 Å². The molecule has 1 saturated carbocycles. The number of benzene rings is 1. The number of nitrogens with one attached hydrogen (secondary N) is 1. The molecule has 3 rings (SSSR count). The molecule has 2 aliphatic rings. The summed E-state index contributed by atoms with van der Waals surface area (Å²) in [6.45, 7) is 6.17. The number of carbonyl (C=O) groups excluding carboxylic acids is 1. The Bertz CT molecular complexity index is 602. The van der Waals surface area contributed by atoms with E-state index in [0.29, 0.717) is 12.1 Å². The number of aromatic carboxylic acids is 1. The molecule has 1 heterocycles. The van der Waals surface area contributed by atoms with Crippen molar-refractivity contribution in [1.82, 2.24) is 15.1 Å². The average Bonchev–Trinajstić information content (AvgIpc) is 3.35. The summed E-state index contributed by atoms with van der Waals surface area (Å²) in [6.07, 6.45) is 2.33. The minimum atomic E-state index is -0.980. The van der Waals surface area contributed by atoms with Gasteiger partial charge in [-0.2, -0.15) is 0 Å². The number of nitrogens with zero attached hydrogens (tertiary/aromatic N) is 2. The predicted octanol–water partition coefficient (Wildman–Crippen LogP) is 1.14. The van der Waals surface area contributed by atoms with Gasteiger partial charge in [-0.25, -0.2) is 4.79 Å². The maximum atomic E-state index is 12.3. The van der Waals surface area contributed by atoms with Crippen LogP contribution >= 0.6 is 0 Å². The Labute approximate surface area is 142 Å². The van der Waals surface area contributed by atoms with Gasteiger partial charge in [-0.05, 0) is 44.2 Å². The van der Waals surface area contributed by atoms with Crippen molar-refractivity contribution in [3.8, 4) is 0 Å². The van der Waals surface area contributed by atoms with Crippen molar-refractivity contribution in [2.45, 2.75) is 12.8 Å². The fraction of sp³-hybridized carbons (Fsp3) is 0.556. The minimum absolute atomic E-state index is 0.128. The quantitative estimate of drug-likeness (QED) is 0.818. The molecular weight excluding hydrogens is 306 g/mol. The van der Waals surface area contributed by atoms with Crippen LogP contribution in [-0.2, 0) is 0 Å². The number of carbonyl (C=O) groups is 2. The lowest BCUT2D eigenvalue weighted by Gasteiger charge is -2.34. The van der Waals surface area contributed by atoms with E-state index in [4.69, 9.17) is 5.11 Å². The van der Waals surface area contributed by atoms with Crippen molar-refractivity contribution in [2.75, 3.05) is 46.3 Å². The topological polar surface area (TPSA) is 72.9 Å². The van der Waals surface area contributed by atoms with E-state index in [1.807, 2.05) is 0 Å². The number of likely N-dealkylation sites (N-methyl/N-ethyl adjacent to an activating group) is 1. The predicted molar refractivity (Wildman–Crippen MR) is 91.3 cm³/mol. The summed E-state index contributed by atoms with van der Waals surface area (Å²) in [6, 6.07) is 6.07. The maximum absolute atomic E-state index is 12.3. The third kappa shape index (κ3) is 4.13. The van der Waals surface area contributed by atoms with E-state index >= 15 is 0 Å². The largest absolute Gasteiger partial charge is 0.478 e. The van der Waals surface area contributed by atoms with Crippen LogP contribution in [0.4, 0.5) is 0 Å². The Balaban J connectivity index is 1.49. The van der Waals surface area contributed by atoms with Crippen LogP contribution in [0.5, 0.6) is 0 Å². The fourth-order valence-corrected chi connectivity index (χ4v) is 3.18. The first-order valence-corrected chi connectivity index (χ1v) is 8.50. The maximum Gasteiger partial charge on any atom is 0.335 e. The summed E-state index contributed by atoms with van der Waals surface area (Å²) < 4.78 is 0. The monoisotopic (exact) mass is 331 g/mol. The molecule has 1 amide bonds. The molecule has 0 spiro atoms. The molecule has 1 aliphatic heterocycles. The van der Waals surface area contributed by atoms with Crippen LogP contribution in [0.15, 0.2) is 24.3 Å². The molecule has 1 saturated heterocycles. The Hall–Kier alpha value is -1.92. The van der Waals surface area contributed by atoms with Gasteiger partial charge in [0.05, 0.1) is 5.56 Å². The van der Waals surface area contributed by atoms with E-state index in [0.717, 1.165) is 45.6 Å². The Morgan fingerprint density at radius 2 is 1.67 bits per heavy atom. The van der Waals surface area contributed by atoms with Crippen molar-refractivity contribution in [2.24, 2.45) is 5.41 Å². The second kappa shape index (κ2) is 6.91. The molecule has 0 radical (unpaired) electrons. The van der Waals surface area contributed by atoms with Gasteiger partial charge >= 0.3 is 5.97 Å². The molecular formula is C18H25N3O3. The molecule has 0 bridgehead atoms. The smallest absolute Gasteiger partial charge is 0.335 e. The average molecular weight is 331 g/mol. The van der Waals surface area contributed by atoms with Crippen LogP contribution < -0.4 is 5.32 Å². The minimum Gasteiger partial charge on any atom is -0.478 e. The van der Waals surface area contributed by atoms with Crippen LogP contribution in [0, 0.1) is 5.41 Å². The standard InChI is InChI=1S/C18H25N3O3/c1-20-8-10-21(11-9-20)13-18(6-7-18)12-19-16(22)14-2-4-15(5-3-14)17(23)24/h2-5H,6-13H2,1H3,(H,19,22)(H,23,24). The third-order valence-electron chi connectivity index (χ3n) is 5.13. The van der Waals surface area contributed by atoms with Gasteiger partial charge in [-0.15, -0.1) is 0 Å². The van der Waals surface area contributed by atoms with E-state index in [2.05, 4.69) is 22.2 Å². The lowest BCUT2D eigenvalue weighted by molar-refractivity contribution is 0.0696. The summed E-state index contributed by atoms with van der Waals surface area (Å²) in [4.78, 5) is 28.0. The highest BCUT2D eigenvalue weighted by molar-refractivity contribution is 5.95. The molecule has 24 heavy (non-hydrogen) atoms. The van der Waals surface area contributed by atoms with Crippen LogP contribution in [0.1, 0.15) is 33.6 Å². The van der Waals surface area contributed by atoms with Gasteiger partial charge in [0.25, 0.3) is 5.91 Å². The summed E-state index contributed by atoms with van der Waals surface area (Å²) in [7, 11) is 2.15. The number of carboxylic acids is 1. The molecule has 6 heteroatoms. The van der Waals surface area contributed by atoms with Gasteiger partial charge in [0, 0.05) is 50.2 Å². The lowest BCUT2D eigenvalue weighted by atomic mass is 10.1. The summed E-state index contributed by atoms with van der Waals surface area (Å²) >= 11 is 0. The van der Waals surface area contributed by atoms with Crippen LogP contribution in [0.3, 0.4) is 0 Å². The fourth-order valence-electron chi connectivity index (χ4n) is 3.18. The highest BCUT2D eigenvalue weighted by Gasteiger charge is 2.44.